The van der Waals surface area contributed by atoms with Gasteiger partial charge in [-0.1, -0.05) is 19.1 Å². The SMILES string of the molecule is CCN1CCN(C(C(=O)O)c2ccc(F)cc2)C(C)C1. The van der Waals surface area contributed by atoms with E-state index in [1.807, 2.05) is 11.8 Å². The third-order valence-electron chi connectivity index (χ3n) is 3.96. The highest BCUT2D eigenvalue weighted by atomic mass is 19.1. The molecular weight excluding hydrogens is 259 g/mol. The molecule has 1 aliphatic rings. The van der Waals surface area contributed by atoms with Gasteiger partial charge in [0, 0.05) is 25.7 Å². The summed E-state index contributed by atoms with van der Waals surface area (Å²) >= 11 is 0. The smallest absolute Gasteiger partial charge is 0.325 e. The Kier molecular flexibility index (Phi) is 4.73. The number of hydrogen-bond acceptors (Lipinski definition) is 3. The summed E-state index contributed by atoms with van der Waals surface area (Å²) in [7, 11) is 0. The lowest BCUT2D eigenvalue weighted by Crippen LogP contribution is -2.54. The van der Waals surface area contributed by atoms with Crippen molar-refractivity contribution in [2.45, 2.75) is 25.9 Å². The first kappa shape index (κ1) is 14.9. The molecule has 1 aromatic rings. The number of carbonyl (C=O) groups is 1. The second-order valence-corrected chi connectivity index (χ2v) is 5.27. The third-order valence-corrected chi connectivity index (χ3v) is 3.96. The molecule has 1 aliphatic heterocycles. The predicted octanol–water partition coefficient (Wildman–Crippen LogP) is 1.98. The fraction of sp³-hybridized carbons (Fsp3) is 0.533. The lowest BCUT2D eigenvalue weighted by Gasteiger charge is -2.42. The molecule has 20 heavy (non-hydrogen) atoms. The Bertz CT molecular complexity index is 463. The van der Waals surface area contributed by atoms with Crippen LogP contribution in [0.15, 0.2) is 24.3 Å². The molecule has 0 radical (unpaired) electrons. The highest BCUT2D eigenvalue weighted by molar-refractivity contribution is 5.75. The van der Waals surface area contributed by atoms with Crippen LogP contribution in [0.2, 0.25) is 0 Å². The van der Waals surface area contributed by atoms with Gasteiger partial charge in [0.25, 0.3) is 0 Å². The summed E-state index contributed by atoms with van der Waals surface area (Å²) in [6, 6.07) is 5.22. The summed E-state index contributed by atoms with van der Waals surface area (Å²) in [6.07, 6.45) is 0. The van der Waals surface area contributed by atoms with Crippen molar-refractivity contribution in [3.63, 3.8) is 0 Å². The number of rotatable bonds is 4. The summed E-state index contributed by atoms with van der Waals surface area (Å²) in [5.74, 6) is -1.23. The minimum Gasteiger partial charge on any atom is -0.480 e. The molecule has 1 N–H and O–H groups in total. The highest BCUT2D eigenvalue weighted by Gasteiger charge is 2.34. The number of halogens is 1. The molecule has 1 fully saturated rings. The summed E-state index contributed by atoms with van der Waals surface area (Å²) in [5, 5.41) is 9.54. The van der Waals surface area contributed by atoms with Crippen LogP contribution in [0.3, 0.4) is 0 Å². The van der Waals surface area contributed by atoms with Gasteiger partial charge in [-0.2, -0.15) is 0 Å². The van der Waals surface area contributed by atoms with Crippen LogP contribution < -0.4 is 0 Å². The Labute approximate surface area is 118 Å². The maximum atomic E-state index is 13.0. The number of piperazine rings is 1. The zero-order chi connectivity index (χ0) is 14.7. The molecule has 0 bridgehead atoms. The van der Waals surface area contributed by atoms with Crippen molar-refractivity contribution in [3.05, 3.63) is 35.6 Å². The molecule has 4 nitrogen and oxygen atoms in total. The molecular formula is C15H21FN2O2. The lowest BCUT2D eigenvalue weighted by atomic mass is 10.0. The van der Waals surface area contributed by atoms with Crippen molar-refractivity contribution in [1.29, 1.82) is 0 Å². The molecule has 1 aromatic carbocycles. The number of benzene rings is 1. The van der Waals surface area contributed by atoms with E-state index >= 15 is 0 Å². The topological polar surface area (TPSA) is 43.8 Å². The predicted molar refractivity (Wildman–Crippen MR) is 75.1 cm³/mol. The maximum Gasteiger partial charge on any atom is 0.325 e. The van der Waals surface area contributed by atoms with Gasteiger partial charge in [-0.05, 0) is 31.2 Å². The molecule has 1 saturated heterocycles. The van der Waals surface area contributed by atoms with Crippen molar-refractivity contribution in [3.8, 4) is 0 Å². The normalized spacial score (nSPS) is 22.6. The van der Waals surface area contributed by atoms with Gasteiger partial charge in [0.15, 0.2) is 0 Å². The number of carboxylic acid groups (broad SMARTS) is 1. The molecule has 1 heterocycles. The number of likely N-dealkylation sites (N-methyl/N-ethyl adjacent to an activating group) is 1. The van der Waals surface area contributed by atoms with Crippen LogP contribution >= 0.6 is 0 Å². The molecule has 2 rings (SSSR count). The van der Waals surface area contributed by atoms with Crippen molar-refractivity contribution in [1.82, 2.24) is 9.80 Å². The van der Waals surface area contributed by atoms with Crippen LogP contribution in [0.1, 0.15) is 25.5 Å². The van der Waals surface area contributed by atoms with Crippen LogP contribution in [0.5, 0.6) is 0 Å². The quantitative estimate of drug-likeness (QED) is 0.916. The summed E-state index contributed by atoms with van der Waals surface area (Å²) in [4.78, 5) is 15.9. The van der Waals surface area contributed by atoms with Crippen molar-refractivity contribution < 1.29 is 14.3 Å². The van der Waals surface area contributed by atoms with Gasteiger partial charge >= 0.3 is 5.97 Å². The van der Waals surface area contributed by atoms with Gasteiger partial charge in [0.05, 0.1) is 0 Å². The zero-order valence-corrected chi connectivity index (χ0v) is 11.9. The average molecular weight is 280 g/mol. The van der Waals surface area contributed by atoms with Gasteiger partial charge in [-0.3, -0.25) is 9.69 Å². The van der Waals surface area contributed by atoms with Gasteiger partial charge in [-0.25, -0.2) is 4.39 Å². The molecule has 0 spiro atoms. The monoisotopic (exact) mass is 280 g/mol. The van der Waals surface area contributed by atoms with E-state index in [-0.39, 0.29) is 11.9 Å². The minimum absolute atomic E-state index is 0.162. The van der Waals surface area contributed by atoms with Crippen LogP contribution in [0.4, 0.5) is 4.39 Å². The minimum atomic E-state index is -0.881. The van der Waals surface area contributed by atoms with E-state index < -0.39 is 12.0 Å². The van der Waals surface area contributed by atoms with Crippen molar-refractivity contribution >= 4 is 5.97 Å². The molecule has 110 valence electrons. The van der Waals surface area contributed by atoms with Crippen LogP contribution in [-0.4, -0.2) is 53.1 Å². The van der Waals surface area contributed by atoms with E-state index in [1.54, 1.807) is 12.1 Å². The Morgan fingerprint density at radius 2 is 2.05 bits per heavy atom. The number of carboxylic acids is 1. The Balaban J connectivity index is 2.21. The molecule has 2 unspecified atom stereocenters. The maximum absolute atomic E-state index is 13.0. The Hall–Kier alpha value is -1.46. The second kappa shape index (κ2) is 6.33. The fourth-order valence-corrected chi connectivity index (χ4v) is 2.84. The lowest BCUT2D eigenvalue weighted by molar-refractivity contribution is -0.145. The van der Waals surface area contributed by atoms with Gasteiger partial charge in [0.1, 0.15) is 11.9 Å². The van der Waals surface area contributed by atoms with E-state index in [9.17, 15) is 14.3 Å². The molecule has 0 amide bonds. The van der Waals surface area contributed by atoms with E-state index in [0.717, 1.165) is 19.6 Å². The number of hydrogen-bond donors (Lipinski definition) is 1. The molecule has 0 aliphatic carbocycles. The Morgan fingerprint density at radius 1 is 1.40 bits per heavy atom. The van der Waals surface area contributed by atoms with Crippen LogP contribution in [-0.2, 0) is 4.79 Å². The van der Waals surface area contributed by atoms with Gasteiger partial charge in [0.2, 0.25) is 0 Å². The average Bonchev–Trinajstić information content (AvgIpc) is 2.42. The summed E-state index contributed by atoms with van der Waals surface area (Å²) < 4.78 is 13.0. The third kappa shape index (κ3) is 3.16. The summed E-state index contributed by atoms with van der Waals surface area (Å²) in [5.41, 5.74) is 0.635. The first-order valence-corrected chi connectivity index (χ1v) is 6.99. The Morgan fingerprint density at radius 3 is 2.55 bits per heavy atom. The van der Waals surface area contributed by atoms with E-state index in [2.05, 4.69) is 11.8 Å². The van der Waals surface area contributed by atoms with E-state index in [0.29, 0.717) is 12.1 Å². The van der Waals surface area contributed by atoms with Crippen molar-refractivity contribution in [2.24, 2.45) is 0 Å². The second-order valence-electron chi connectivity index (χ2n) is 5.27. The zero-order valence-electron chi connectivity index (χ0n) is 11.9. The number of nitrogens with zero attached hydrogens (tertiary/aromatic N) is 2. The van der Waals surface area contributed by atoms with E-state index in [4.69, 9.17) is 0 Å². The summed E-state index contributed by atoms with van der Waals surface area (Å²) in [6.45, 7) is 7.57. The molecule has 2 atom stereocenters. The fourth-order valence-electron chi connectivity index (χ4n) is 2.84. The van der Waals surface area contributed by atoms with Gasteiger partial charge in [-0.15, -0.1) is 0 Å². The van der Waals surface area contributed by atoms with Crippen LogP contribution in [0.25, 0.3) is 0 Å². The van der Waals surface area contributed by atoms with Crippen LogP contribution in [0, 0.1) is 5.82 Å². The van der Waals surface area contributed by atoms with E-state index in [1.165, 1.54) is 12.1 Å². The van der Waals surface area contributed by atoms with Gasteiger partial charge < -0.3 is 10.0 Å². The highest BCUT2D eigenvalue weighted by Crippen LogP contribution is 2.26. The van der Waals surface area contributed by atoms with Crippen molar-refractivity contribution in [2.75, 3.05) is 26.2 Å². The first-order valence-electron chi connectivity index (χ1n) is 6.99. The largest absolute Gasteiger partial charge is 0.480 e. The number of aliphatic carboxylic acids is 1. The molecule has 0 aromatic heterocycles. The molecule has 0 saturated carbocycles. The molecule has 5 heteroatoms. The first-order chi connectivity index (χ1) is 9.52. The standard InChI is InChI=1S/C15H21FN2O2/c1-3-17-8-9-18(11(2)10-17)14(15(19)20)12-4-6-13(16)7-5-12/h4-7,11,14H,3,8-10H2,1-2H3,(H,19,20).